The van der Waals surface area contributed by atoms with Gasteiger partial charge in [0.1, 0.15) is 11.4 Å². The molecule has 0 bridgehead atoms. The second-order valence-corrected chi connectivity index (χ2v) is 10.6. The number of likely N-dealkylation sites (tertiary alicyclic amines) is 1. The smallest absolute Gasteiger partial charge is 0.410 e. The fourth-order valence-corrected chi connectivity index (χ4v) is 3.74. The Labute approximate surface area is 180 Å². The van der Waals surface area contributed by atoms with Crippen LogP contribution in [0.4, 0.5) is 13.6 Å². The molecule has 1 amide bonds. The van der Waals surface area contributed by atoms with Gasteiger partial charge in [0.05, 0.1) is 11.5 Å². The van der Waals surface area contributed by atoms with Gasteiger partial charge in [0.15, 0.2) is 21.4 Å². The van der Waals surface area contributed by atoms with Crippen LogP contribution in [0.15, 0.2) is 41.3 Å². The van der Waals surface area contributed by atoms with Gasteiger partial charge < -0.3 is 14.4 Å². The molecule has 1 saturated heterocycles. The minimum absolute atomic E-state index is 0.0210. The molecule has 6 nitrogen and oxygen atoms in total. The Morgan fingerprint density at radius 2 is 1.77 bits per heavy atom. The molecule has 0 aliphatic carbocycles. The molecule has 1 aliphatic heterocycles. The summed E-state index contributed by atoms with van der Waals surface area (Å²) in [6, 6.07) is 7.55. The van der Waals surface area contributed by atoms with Crippen LogP contribution in [0.1, 0.15) is 20.8 Å². The van der Waals surface area contributed by atoms with Gasteiger partial charge in [0, 0.05) is 30.8 Å². The molecule has 0 spiro atoms. The second kappa shape index (κ2) is 8.45. The molecule has 2 aromatic carbocycles. The molecule has 168 valence electrons. The van der Waals surface area contributed by atoms with Gasteiger partial charge in [-0.05, 0) is 50.6 Å². The molecule has 9 heteroatoms. The first-order valence-electron chi connectivity index (χ1n) is 9.74. The summed E-state index contributed by atoms with van der Waals surface area (Å²) in [6.07, 6.45) is 0.602. The van der Waals surface area contributed by atoms with Crippen LogP contribution in [0.2, 0.25) is 0 Å². The number of rotatable bonds is 5. The number of halogens is 2. The highest BCUT2D eigenvalue weighted by molar-refractivity contribution is 7.90. The Balaban J connectivity index is 1.59. The molecule has 0 radical (unpaired) electrons. The molecular formula is C22H25F2NO5S. The van der Waals surface area contributed by atoms with Crippen molar-refractivity contribution in [3.8, 4) is 16.9 Å². The van der Waals surface area contributed by atoms with Crippen LogP contribution in [-0.2, 0) is 14.6 Å². The maximum atomic E-state index is 14.5. The lowest BCUT2D eigenvalue weighted by Crippen LogP contribution is -2.53. The zero-order valence-corrected chi connectivity index (χ0v) is 18.6. The van der Waals surface area contributed by atoms with E-state index in [0.29, 0.717) is 13.1 Å². The molecule has 3 rings (SSSR count). The zero-order valence-electron chi connectivity index (χ0n) is 17.8. The summed E-state index contributed by atoms with van der Waals surface area (Å²) in [6.45, 7) is 6.54. The highest BCUT2D eigenvalue weighted by Crippen LogP contribution is 2.30. The summed E-state index contributed by atoms with van der Waals surface area (Å²) in [4.78, 5) is 13.3. The summed E-state index contributed by atoms with van der Waals surface area (Å²) in [7, 11) is -3.54. The largest absolute Gasteiger partial charge is 0.490 e. The van der Waals surface area contributed by atoms with Crippen LogP contribution in [-0.4, -0.2) is 51.0 Å². The Hall–Kier alpha value is -2.68. The maximum absolute atomic E-state index is 14.5. The summed E-state index contributed by atoms with van der Waals surface area (Å²) in [5.41, 5.74) is -0.208. The Morgan fingerprint density at radius 3 is 2.32 bits per heavy atom. The van der Waals surface area contributed by atoms with Crippen molar-refractivity contribution < 1.29 is 31.5 Å². The zero-order chi connectivity index (χ0) is 23.0. The summed E-state index contributed by atoms with van der Waals surface area (Å²) >= 11 is 0. The van der Waals surface area contributed by atoms with E-state index < -0.39 is 27.1 Å². The molecule has 31 heavy (non-hydrogen) atoms. The van der Waals surface area contributed by atoms with E-state index in [1.807, 2.05) is 0 Å². The van der Waals surface area contributed by atoms with Crippen LogP contribution in [0.5, 0.6) is 5.75 Å². The minimum Gasteiger partial charge on any atom is -0.490 e. The molecule has 1 heterocycles. The van der Waals surface area contributed by atoms with E-state index in [4.69, 9.17) is 9.47 Å². The van der Waals surface area contributed by atoms with Crippen molar-refractivity contribution >= 4 is 15.9 Å². The minimum atomic E-state index is -3.54. The summed E-state index contributed by atoms with van der Waals surface area (Å²) in [5.74, 6) is -1.33. The topological polar surface area (TPSA) is 72.9 Å². The fraction of sp³-hybridized carbons (Fsp3) is 0.409. The lowest BCUT2D eigenvalue weighted by atomic mass is 10.0. The lowest BCUT2D eigenvalue weighted by molar-refractivity contribution is -0.00805. The van der Waals surface area contributed by atoms with Crippen LogP contribution in [0.25, 0.3) is 11.1 Å². The van der Waals surface area contributed by atoms with Crippen LogP contribution < -0.4 is 4.74 Å². The van der Waals surface area contributed by atoms with E-state index in [0.717, 1.165) is 18.4 Å². The fourth-order valence-electron chi connectivity index (χ4n) is 3.10. The van der Waals surface area contributed by atoms with Crippen LogP contribution in [0, 0.1) is 17.6 Å². The van der Waals surface area contributed by atoms with Gasteiger partial charge in [-0.15, -0.1) is 0 Å². The van der Waals surface area contributed by atoms with Crippen molar-refractivity contribution in [3.05, 3.63) is 48.0 Å². The number of hydrogen-bond donors (Lipinski definition) is 0. The predicted molar refractivity (Wildman–Crippen MR) is 112 cm³/mol. The standard InChI is InChI=1S/C22H25F2NO5S/c1-22(2,3)30-21(26)25-11-14(12-25)13-29-20-8-5-15(9-19(20)24)17-7-6-16(10-18(17)23)31(4,27)28/h5-10,14H,11-13H2,1-4H3. The van der Waals surface area contributed by atoms with E-state index >= 15 is 0 Å². The maximum Gasteiger partial charge on any atom is 0.410 e. The molecule has 0 atom stereocenters. The van der Waals surface area contributed by atoms with Gasteiger partial charge in [-0.2, -0.15) is 0 Å². The van der Waals surface area contributed by atoms with Gasteiger partial charge in [-0.1, -0.05) is 12.1 Å². The number of sulfone groups is 1. The number of nitrogens with zero attached hydrogens (tertiary/aromatic N) is 1. The van der Waals surface area contributed by atoms with Crippen molar-refractivity contribution in [2.45, 2.75) is 31.3 Å². The number of hydrogen-bond acceptors (Lipinski definition) is 5. The summed E-state index contributed by atoms with van der Waals surface area (Å²) < 4.78 is 62.7. The average molecular weight is 454 g/mol. The van der Waals surface area contributed by atoms with Crippen LogP contribution in [0.3, 0.4) is 0 Å². The lowest BCUT2D eigenvalue weighted by Gasteiger charge is -2.39. The molecular weight excluding hydrogens is 428 g/mol. The Morgan fingerprint density at radius 1 is 1.10 bits per heavy atom. The third kappa shape index (κ3) is 5.72. The van der Waals surface area contributed by atoms with Crippen molar-refractivity contribution in [3.63, 3.8) is 0 Å². The summed E-state index contributed by atoms with van der Waals surface area (Å²) in [5, 5.41) is 0. The van der Waals surface area contributed by atoms with Gasteiger partial charge >= 0.3 is 6.09 Å². The van der Waals surface area contributed by atoms with Gasteiger partial charge in [0.25, 0.3) is 0 Å². The first-order valence-corrected chi connectivity index (χ1v) is 11.6. The number of amides is 1. The first-order chi connectivity index (χ1) is 14.3. The highest BCUT2D eigenvalue weighted by Gasteiger charge is 2.34. The monoisotopic (exact) mass is 453 g/mol. The van der Waals surface area contributed by atoms with Crippen molar-refractivity contribution in [2.24, 2.45) is 5.92 Å². The van der Waals surface area contributed by atoms with E-state index in [2.05, 4.69) is 0 Å². The highest BCUT2D eigenvalue weighted by atomic mass is 32.2. The van der Waals surface area contributed by atoms with Gasteiger partial charge in [-0.25, -0.2) is 22.0 Å². The normalized spacial score (nSPS) is 14.8. The quantitative estimate of drug-likeness (QED) is 0.676. The third-order valence-electron chi connectivity index (χ3n) is 4.69. The molecule has 0 aromatic heterocycles. The molecule has 1 aliphatic rings. The average Bonchev–Trinajstić information content (AvgIpc) is 2.59. The van der Waals surface area contributed by atoms with Crippen LogP contribution >= 0.6 is 0 Å². The van der Waals surface area contributed by atoms with Gasteiger partial charge in [0.2, 0.25) is 0 Å². The Kier molecular flexibility index (Phi) is 6.27. The SMILES string of the molecule is CC(C)(C)OC(=O)N1CC(COc2ccc(-c3ccc(S(C)(=O)=O)cc3F)cc2F)C1. The molecule has 0 N–H and O–H groups in total. The third-order valence-corrected chi connectivity index (χ3v) is 5.81. The molecule has 0 saturated carbocycles. The van der Waals surface area contributed by atoms with Crippen molar-refractivity contribution in [1.82, 2.24) is 4.90 Å². The second-order valence-electron chi connectivity index (χ2n) is 8.62. The van der Waals surface area contributed by atoms with E-state index in [9.17, 15) is 22.0 Å². The van der Waals surface area contributed by atoms with E-state index in [1.54, 1.807) is 25.7 Å². The van der Waals surface area contributed by atoms with Gasteiger partial charge in [-0.3, -0.25) is 0 Å². The predicted octanol–water partition coefficient (Wildman–Crippen LogP) is 4.28. The number of ether oxygens (including phenoxy) is 2. The molecule has 0 unspecified atom stereocenters. The van der Waals surface area contributed by atoms with Crippen molar-refractivity contribution in [1.29, 1.82) is 0 Å². The van der Waals surface area contributed by atoms with Crippen molar-refractivity contribution in [2.75, 3.05) is 26.0 Å². The number of benzene rings is 2. The first kappa shape index (κ1) is 23.0. The number of carbonyl (C=O) groups is 1. The Bertz CT molecular complexity index is 1090. The molecule has 2 aromatic rings. The van der Waals surface area contributed by atoms with E-state index in [-0.39, 0.29) is 40.4 Å². The number of carbonyl (C=O) groups excluding carboxylic acids is 1. The van der Waals surface area contributed by atoms with E-state index in [1.165, 1.54) is 24.3 Å². The molecule has 1 fully saturated rings.